The van der Waals surface area contributed by atoms with Gasteiger partial charge in [-0.25, -0.2) is 4.79 Å². The second-order valence-corrected chi connectivity index (χ2v) is 6.61. The minimum atomic E-state index is -0.345. The zero-order valence-electron chi connectivity index (χ0n) is 11.3. The zero-order valence-corrected chi connectivity index (χ0v) is 13.6. The van der Waals surface area contributed by atoms with Crippen LogP contribution in [0.3, 0.4) is 0 Å². The van der Waals surface area contributed by atoms with Gasteiger partial charge in [-0.15, -0.1) is 0 Å². The summed E-state index contributed by atoms with van der Waals surface area (Å²) in [5.74, 6) is 0.612. The highest BCUT2D eigenvalue weighted by molar-refractivity contribution is 9.09. The van der Waals surface area contributed by atoms with E-state index in [-0.39, 0.29) is 10.5 Å². The van der Waals surface area contributed by atoms with Crippen LogP contribution in [0, 0.1) is 0 Å². The second kappa shape index (κ2) is 5.66. The van der Waals surface area contributed by atoms with E-state index in [0.717, 1.165) is 16.5 Å². The molecule has 1 heterocycles. The van der Waals surface area contributed by atoms with E-state index in [2.05, 4.69) is 15.9 Å². The first-order chi connectivity index (χ1) is 10.1. The molecule has 0 aliphatic carbocycles. The van der Waals surface area contributed by atoms with Gasteiger partial charge in [-0.2, -0.15) is 0 Å². The summed E-state index contributed by atoms with van der Waals surface area (Å²) < 4.78 is 5.53. The SMILES string of the molecule is CC(Br)c1oc(=O)c2ccc(Cl)cc2c1-c1ccccc1. The van der Waals surface area contributed by atoms with Crippen molar-refractivity contribution < 1.29 is 4.42 Å². The van der Waals surface area contributed by atoms with E-state index in [1.165, 1.54) is 0 Å². The van der Waals surface area contributed by atoms with Crippen molar-refractivity contribution in [3.63, 3.8) is 0 Å². The fraction of sp³-hybridized carbons (Fsp3) is 0.118. The monoisotopic (exact) mass is 362 g/mol. The lowest BCUT2D eigenvalue weighted by Gasteiger charge is -2.13. The van der Waals surface area contributed by atoms with Gasteiger partial charge in [0, 0.05) is 16.0 Å². The molecule has 3 rings (SSSR count). The summed E-state index contributed by atoms with van der Waals surface area (Å²) in [7, 11) is 0. The van der Waals surface area contributed by atoms with Gasteiger partial charge in [-0.05, 0) is 30.7 Å². The molecule has 0 amide bonds. The van der Waals surface area contributed by atoms with Crippen LogP contribution in [-0.2, 0) is 0 Å². The van der Waals surface area contributed by atoms with Crippen LogP contribution in [0.2, 0.25) is 5.02 Å². The molecule has 2 nitrogen and oxygen atoms in total. The number of benzene rings is 2. The van der Waals surface area contributed by atoms with Gasteiger partial charge in [-0.1, -0.05) is 57.9 Å². The number of fused-ring (bicyclic) bond motifs is 1. The summed E-state index contributed by atoms with van der Waals surface area (Å²) in [5.41, 5.74) is 1.55. The summed E-state index contributed by atoms with van der Waals surface area (Å²) >= 11 is 9.62. The number of rotatable bonds is 2. The molecule has 21 heavy (non-hydrogen) atoms. The lowest BCUT2D eigenvalue weighted by atomic mass is 9.97. The third-order valence-corrected chi connectivity index (χ3v) is 3.99. The van der Waals surface area contributed by atoms with Gasteiger partial charge in [0.15, 0.2) is 0 Å². The van der Waals surface area contributed by atoms with Crippen molar-refractivity contribution in [2.75, 3.05) is 0 Å². The highest BCUT2D eigenvalue weighted by atomic mass is 79.9. The Hall–Kier alpha value is -1.58. The van der Waals surface area contributed by atoms with E-state index in [0.29, 0.717) is 16.2 Å². The third kappa shape index (κ3) is 2.63. The maximum Gasteiger partial charge on any atom is 0.343 e. The normalized spacial score (nSPS) is 12.5. The Kier molecular flexibility index (Phi) is 3.87. The molecule has 1 aromatic heterocycles. The van der Waals surface area contributed by atoms with Crippen LogP contribution in [0.25, 0.3) is 21.9 Å². The Balaban J connectivity index is 2.49. The number of hydrogen-bond donors (Lipinski definition) is 0. The van der Waals surface area contributed by atoms with Gasteiger partial charge in [0.05, 0.1) is 10.2 Å². The Labute approximate surface area is 135 Å². The first-order valence-electron chi connectivity index (χ1n) is 6.53. The highest BCUT2D eigenvalue weighted by Gasteiger charge is 2.18. The Morgan fingerprint density at radius 2 is 1.81 bits per heavy atom. The Bertz CT molecular complexity index is 854. The molecule has 4 heteroatoms. The molecular formula is C17H12BrClO2. The predicted octanol–water partition coefficient (Wildman–Crippen LogP) is 5.57. The van der Waals surface area contributed by atoms with Crippen molar-refractivity contribution in [3.05, 3.63) is 69.7 Å². The van der Waals surface area contributed by atoms with Crippen LogP contribution >= 0.6 is 27.5 Å². The van der Waals surface area contributed by atoms with E-state index in [1.54, 1.807) is 12.1 Å². The molecule has 0 spiro atoms. The minimum absolute atomic E-state index is 0.0798. The minimum Gasteiger partial charge on any atom is -0.426 e. The topological polar surface area (TPSA) is 30.2 Å². The summed E-state index contributed by atoms with van der Waals surface area (Å²) in [6.45, 7) is 1.93. The highest BCUT2D eigenvalue weighted by Crippen LogP contribution is 2.37. The molecule has 0 radical (unpaired) electrons. The molecule has 106 valence electrons. The predicted molar refractivity (Wildman–Crippen MR) is 90.3 cm³/mol. The molecule has 0 saturated carbocycles. The average molecular weight is 364 g/mol. The Morgan fingerprint density at radius 3 is 2.48 bits per heavy atom. The molecule has 0 aliphatic heterocycles. The van der Waals surface area contributed by atoms with E-state index in [4.69, 9.17) is 16.0 Å². The van der Waals surface area contributed by atoms with Crippen LogP contribution in [-0.4, -0.2) is 0 Å². The molecule has 0 fully saturated rings. The number of alkyl halides is 1. The lowest BCUT2D eigenvalue weighted by molar-refractivity contribution is 0.473. The van der Waals surface area contributed by atoms with E-state index < -0.39 is 0 Å². The van der Waals surface area contributed by atoms with Gasteiger partial charge >= 0.3 is 5.63 Å². The van der Waals surface area contributed by atoms with Crippen LogP contribution in [0.1, 0.15) is 17.5 Å². The third-order valence-electron chi connectivity index (χ3n) is 3.34. The van der Waals surface area contributed by atoms with Crippen molar-refractivity contribution in [3.8, 4) is 11.1 Å². The van der Waals surface area contributed by atoms with Crippen LogP contribution in [0.5, 0.6) is 0 Å². The molecule has 2 aromatic carbocycles. The van der Waals surface area contributed by atoms with Crippen molar-refractivity contribution in [1.29, 1.82) is 0 Å². The molecule has 0 aliphatic rings. The van der Waals surface area contributed by atoms with Crippen molar-refractivity contribution in [1.82, 2.24) is 0 Å². The molecule has 1 atom stereocenters. The summed E-state index contributed by atoms with van der Waals surface area (Å²) in [6, 6.07) is 15.1. The van der Waals surface area contributed by atoms with Crippen LogP contribution in [0.4, 0.5) is 0 Å². The maximum atomic E-state index is 12.2. The quantitative estimate of drug-likeness (QED) is 0.557. The Morgan fingerprint density at radius 1 is 1.10 bits per heavy atom. The number of hydrogen-bond acceptors (Lipinski definition) is 2. The molecule has 1 unspecified atom stereocenters. The van der Waals surface area contributed by atoms with Crippen LogP contribution in [0.15, 0.2) is 57.7 Å². The molecule has 0 saturated heterocycles. The summed E-state index contributed by atoms with van der Waals surface area (Å²) in [5, 5.41) is 1.94. The van der Waals surface area contributed by atoms with Crippen molar-refractivity contribution >= 4 is 38.3 Å². The molecule has 3 aromatic rings. The van der Waals surface area contributed by atoms with Gasteiger partial charge in [-0.3, -0.25) is 0 Å². The molecule has 0 bridgehead atoms. The van der Waals surface area contributed by atoms with Gasteiger partial charge < -0.3 is 4.42 Å². The molecular weight excluding hydrogens is 352 g/mol. The lowest BCUT2D eigenvalue weighted by Crippen LogP contribution is -2.05. The smallest absolute Gasteiger partial charge is 0.343 e. The largest absolute Gasteiger partial charge is 0.426 e. The van der Waals surface area contributed by atoms with E-state index in [1.807, 2.05) is 43.3 Å². The molecule has 0 N–H and O–H groups in total. The first-order valence-corrected chi connectivity index (χ1v) is 7.83. The van der Waals surface area contributed by atoms with Crippen molar-refractivity contribution in [2.45, 2.75) is 11.8 Å². The van der Waals surface area contributed by atoms with Gasteiger partial charge in [0.25, 0.3) is 0 Å². The van der Waals surface area contributed by atoms with E-state index >= 15 is 0 Å². The first kappa shape index (κ1) is 14.4. The summed E-state index contributed by atoms with van der Waals surface area (Å²) in [6.07, 6.45) is 0. The number of halogens is 2. The standard InChI is InChI=1S/C17H12BrClO2/c1-10(18)16-15(11-5-3-2-4-6-11)14-9-12(19)7-8-13(14)17(20)21-16/h2-10H,1H3. The van der Waals surface area contributed by atoms with E-state index in [9.17, 15) is 4.79 Å². The fourth-order valence-corrected chi connectivity index (χ4v) is 2.92. The van der Waals surface area contributed by atoms with Gasteiger partial charge in [0.2, 0.25) is 0 Å². The van der Waals surface area contributed by atoms with Crippen molar-refractivity contribution in [2.24, 2.45) is 0 Å². The maximum absolute atomic E-state index is 12.2. The van der Waals surface area contributed by atoms with Gasteiger partial charge in [0.1, 0.15) is 5.76 Å². The van der Waals surface area contributed by atoms with Crippen LogP contribution < -0.4 is 5.63 Å². The fourth-order valence-electron chi connectivity index (χ4n) is 2.42. The zero-order chi connectivity index (χ0) is 15.0. The average Bonchev–Trinajstić information content (AvgIpc) is 2.47. The summed E-state index contributed by atoms with van der Waals surface area (Å²) in [4.78, 5) is 12.1. The second-order valence-electron chi connectivity index (χ2n) is 4.80.